The van der Waals surface area contributed by atoms with Gasteiger partial charge in [-0.2, -0.15) is 13.2 Å². The monoisotopic (exact) mass is 401 g/mol. The minimum absolute atomic E-state index is 0.121. The third kappa shape index (κ3) is 4.75. The molecule has 0 saturated heterocycles. The van der Waals surface area contributed by atoms with Gasteiger partial charge in [-0.25, -0.2) is 0 Å². The molecule has 0 atom stereocenters. The predicted octanol–water partition coefficient (Wildman–Crippen LogP) is 5.13. The molecule has 0 aliphatic carbocycles. The summed E-state index contributed by atoms with van der Waals surface area (Å²) in [5, 5.41) is 11.9. The van der Waals surface area contributed by atoms with Crippen molar-refractivity contribution in [2.24, 2.45) is 0 Å². The molecule has 29 heavy (non-hydrogen) atoms. The lowest BCUT2D eigenvalue weighted by Gasteiger charge is -2.13. The lowest BCUT2D eigenvalue weighted by atomic mass is 9.99. The molecule has 2 N–H and O–H groups in total. The van der Waals surface area contributed by atoms with Gasteiger partial charge in [-0.3, -0.25) is 4.79 Å². The number of hydrogen-bond acceptors (Lipinski definition) is 3. The number of methoxy groups -OCH3 is 1. The molecule has 0 aliphatic rings. The number of carbonyl (C=O) groups excluding carboxylic acids is 1. The van der Waals surface area contributed by atoms with E-state index in [0.717, 1.165) is 17.7 Å². The Morgan fingerprint density at radius 1 is 1.03 bits per heavy atom. The van der Waals surface area contributed by atoms with Crippen molar-refractivity contribution in [2.45, 2.75) is 12.8 Å². The summed E-state index contributed by atoms with van der Waals surface area (Å²) in [5.41, 5.74) is 1.91. The number of alkyl halides is 3. The van der Waals surface area contributed by atoms with E-state index < -0.39 is 17.6 Å². The van der Waals surface area contributed by atoms with Gasteiger partial charge < -0.3 is 15.2 Å². The van der Waals surface area contributed by atoms with Crippen LogP contribution in [0.3, 0.4) is 0 Å². The first kappa shape index (κ1) is 20.4. The molecule has 0 heterocycles. The van der Waals surface area contributed by atoms with Crippen molar-refractivity contribution in [1.82, 2.24) is 0 Å². The highest BCUT2D eigenvalue weighted by atomic mass is 19.4. The first-order valence-corrected chi connectivity index (χ1v) is 8.68. The van der Waals surface area contributed by atoms with Crippen molar-refractivity contribution in [3.63, 3.8) is 0 Å². The highest BCUT2D eigenvalue weighted by Crippen LogP contribution is 2.32. The van der Waals surface area contributed by atoms with Crippen LogP contribution in [0.25, 0.3) is 11.1 Å². The van der Waals surface area contributed by atoms with E-state index in [0.29, 0.717) is 22.4 Å². The van der Waals surface area contributed by atoms with Crippen molar-refractivity contribution in [3.8, 4) is 16.9 Å². The molecule has 0 saturated carbocycles. The van der Waals surface area contributed by atoms with Gasteiger partial charge in [0.15, 0.2) is 0 Å². The quantitative estimate of drug-likeness (QED) is 0.624. The number of carbonyl (C=O) groups is 1. The third-order valence-electron chi connectivity index (χ3n) is 4.35. The van der Waals surface area contributed by atoms with Crippen molar-refractivity contribution in [3.05, 3.63) is 83.4 Å². The number of rotatable bonds is 5. The Bertz CT molecular complexity index is 1010. The van der Waals surface area contributed by atoms with Gasteiger partial charge in [0.05, 0.1) is 19.3 Å². The number of hydrogen-bond donors (Lipinski definition) is 2. The number of nitrogens with one attached hydrogen (secondary N) is 1. The molecule has 3 aromatic rings. The maximum absolute atomic E-state index is 12.7. The fourth-order valence-corrected chi connectivity index (χ4v) is 2.86. The number of aliphatic hydroxyl groups excluding tert-OH is 1. The maximum atomic E-state index is 12.7. The van der Waals surface area contributed by atoms with Gasteiger partial charge in [0.2, 0.25) is 0 Å². The standard InChI is InChI=1S/C22H18F3NO3/c1-29-20-10-5-16(12-19(20)15-4-2-3-14(11-15)13-27)21(28)26-18-8-6-17(7-9-18)22(23,24)25/h2-12,27H,13H2,1H3,(H,26,28). The molecule has 3 rings (SSSR count). The van der Waals surface area contributed by atoms with Gasteiger partial charge in [0.25, 0.3) is 5.91 Å². The van der Waals surface area contributed by atoms with Crippen LogP contribution in [0.1, 0.15) is 21.5 Å². The Morgan fingerprint density at radius 3 is 2.38 bits per heavy atom. The summed E-state index contributed by atoms with van der Waals surface area (Å²) in [6.07, 6.45) is -4.43. The Kier molecular flexibility index (Phi) is 5.89. The molecule has 0 aromatic heterocycles. The fraction of sp³-hybridized carbons (Fsp3) is 0.136. The molecule has 0 aliphatic heterocycles. The summed E-state index contributed by atoms with van der Waals surface area (Å²) in [6.45, 7) is -0.121. The fourth-order valence-electron chi connectivity index (χ4n) is 2.86. The molecule has 0 unspecified atom stereocenters. The van der Waals surface area contributed by atoms with E-state index in [9.17, 15) is 23.1 Å². The number of amides is 1. The molecule has 7 heteroatoms. The maximum Gasteiger partial charge on any atom is 0.416 e. The SMILES string of the molecule is COc1ccc(C(=O)Nc2ccc(C(F)(F)F)cc2)cc1-c1cccc(CO)c1. The summed E-state index contributed by atoms with van der Waals surface area (Å²) >= 11 is 0. The van der Waals surface area contributed by atoms with E-state index in [2.05, 4.69) is 5.32 Å². The topological polar surface area (TPSA) is 58.6 Å². The number of aliphatic hydroxyl groups is 1. The van der Waals surface area contributed by atoms with Crippen molar-refractivity contribution in [2.75, 3.05) is 12.4 Å². The van der Waals surface area contributed by atoms with Crippen LogP contribution >= 0.6 is 0 Å². The highest BCUT2D eigenvalue weighted by molar-refractivity contribution is 6.05. The largest absolute Gasteiger partial charge is 0.496 e. The van der Waals surface area contributed by atoms with Gasteiger partial charge in [-0.05, 0) is 59.7 Å². The smallest absolute Gasteiger partial charge is 0.416 e. The molecular formula is C22H18F3NO3. The summed E-state index contributed by atoms with van der Waals surface area (Å²) < 4.78 is 43.4. The Morgan fingerprint density at radius 2 is 1.76 bits per heavy atom. The van der Waals surface area contributed by atoms with Crippen LogP contribution in [-0.2, 0) is 12.8 Å². The van der Waals surface area contributed by atoms with Gasteiger partial charge in [0.1, 0.15) is 5.75 Å². The van der Waals surface area contributed by atoms with E-state index in [1.54, 1.807) is 36.4 Å². The summed E-state index contributed by atoms with van der Waals surface area (Å²) in [6, 6.07) is 16.3. The van der Waals surface area contributed by atoms with Gasteiger partial charge in [0, 0.05) is 16.8 Å². The molecular weight excluding hydrogens is 383 g/mol. The van der Waals surface area contributed by atoms with Crippen LogP contribution in [0.5, 0.6) is 5.75 Å². The van der Waals surface area contributed by atoms with Gasteiger partial charge in [-0.15, -0.1) is 0 Å². The second kappa shape index (κ2) is 8.36. The zero-order valence-corrected chi connectivity index (χ0v) is 15.5. The third-order valence-corrected chi connectivity index (χ3v) is 4.35. The van der Waals surface area contributed by atoms with Crippen LogP contribution in [-0.4, -0.2) is 18.1 Å². The van der Waals surface area contributed by atoms with Crippen molar-refractivity contribution in [1.29, 1.82) is 0 Å². The first-order valence-electron chi connectivity index (χ1n) is 8.68. The van der Waals surface area contributed by atoms with Crippen LogP contribution in [0.2, 0.25) is 0 Å². The number of benzene rings is 3. The Balaban J connectivity index is 1.88. The highest BCUT2D eigenvalue weighted by Gasteiger charge is 2.30. The van der Waals surface area contributed by atoms with Crippen molar-refractivity contribution >= 4 is 11.6 Å². The minimum atomic E-state index is -4.43. The number of halogens is 3. The zero-order valence-electron chi connectivity index (χ0n) is 15.5. The number of anilines is 1. The summed E-state index contributed by atoms with van der Waals surface area (Å²) in [7, 11) is 1.51. The van der Waals surface area contributed by atoms with Crippen LogP contribution in [0.15, 0.2) is 66.7 Å². The molecule has 0 bridgehead atoms. The summed E-state index contributed by atoms with van der Waals surface area (Å²) in [4.78, 5) is 12.6. The van der Waals surface area contributed by atoms with E-state index in [1.165, 1.54) is 19.2 Å². The average molecular weight is 401 g/mol. The number of ether oxygens (including phenoxy) is 1. The van der Waals surface area contributed by atoms with E-state index in [-0.39, 0.29) is 12.3 Å². The lowest BCUT2D eigenvalue weighted by molar-refractivity contribution is -0.137. The zero-order chi connectivity index (χ0) is 21.0. The van der Waals surface area contributed by atoms with E-state index in [4.69, 9.17) is 4.74 Å². The van der Waals surface area contributed by atoms with Crippen molar-refractivity contribution < 1.29 is 27.8 Å². The van der Waals surface area contributed by atoms with Crippen LogP contribution in [0.4, 0.5) is 18.9 Å². The first-order chi connectivity index (χ1) is 13.8. The Hall–Kier alpha value is -3.32. The molecule has 0 radical (unpaired) electrons. The van der Waals surface area contributed by atoms with E-state index >= 15 is 0 Å². The Labute approximate surface area is 165 Å². The van der Waals surface area contributed by atoms with Crippen LogP contribution in [0, 0.1) is 0 Å². The predicted molar refractivity (Wildman–Crippen MR) is 104 cm³/mol. The molecule has 3 aromatic carbocycles. The van der Waals surface area contributed by atoms with Crippen LogP contribution < -0.4 is 10.1 Å². The van der Waals surface area contributed by atoms with Gasteiger partial charge >= 0.3 is 6.18 Å². The molecule has 0 fully saturated rings. The second-order valence-corrected chi connectivity index (χ2v) is 6.30. The summed E-state index contributed by atoms with van der Waals surface area (Å²) in [5.74, 6) is 0.0816. The minimum Gasteiger partial charge on any atom is -0.496 e. The van der Waals surface area contributed by atoms with E-state index in [1.807, 2.05) is 6.07 Å². The molecule has 1 amide bonds. The average Bonchev–Trinajstić information content (AvgIpc) is 2.73. The second-order valence-electron chi connectivity index (χ2n) is 6.30. The molecule has 0 spiro atoms. The molecule has 150 valence electrons. The molecule has 4 nitrogen and oxygen atoms in total. The lowest BCUT2D eigenvalue weighted by Crippen LogP contribution is -2.12. The van der Waals surface area contributed by atoms with Gasteiger partial charge in [-0.1, -0.05) is 18.2 Å². The normalized spacial score (nSPS) is 11.2.